The number of aromatic amines is 1. The Balaban J connectivity index is 1.82. The third-order valence-electron chi connectivity index (χ3n) is 4.71. The lowest BCUT2D eigenvalue weighted by atomic mass is 10.0. The number of hydrogen-bond acceptors (Lipinski definition) is 5. The Morgan fingerprint density at radius 1 is 1.21 bits per heavy atom. The summed E-state index contributed by atoms with van der Waals surface area (Å²) in [7, 11) is 0. The Morgan fingerprint density at radius 3 is 2.75 bits per heavy atom. The van der Waals surface area contributed by atoms with Crippen LogP contribution in [0.2, 0.25) is 0 Å². The van der Waals surface area contributed by atoms with Gasteiger partial charge in [-0.1, -0.05) is 12.1 Å². The zero-order valence-corrected chi connectivity index (χ0v) is 15.5. The number of H-pyrrole nitrogens is 1. The summed E-state index contributed by atoms with van der Waals surface area (Å²) in [5.41, 5.74) is 9.58. The third kappa shape index (κ3) is 3.13. The van der Waals surface area contributed by atoms with E-state index in [0.717, 1.165) is 22.7 Å². The topological polar surface area (TPSA) is 101 Å². The molecule has 4 aromatic rings. The van der Waals surface area contributed by atoms with Crippen LogP contribution in [0.5, 0.6) is 0 Å². The number of nitrogen functional groups attached to an aromatic ring is 1. The van der Waals surface area contributed by atoms with E-state index in [-0.39, 0.29) is 5.91 Å². The van der Waals surface area contributed by atoms with E-state index >= 15 is 0 Å². The highest BCUT2D eigenvalue weighted by Gasteiger charge is 2.15. The highest BCUT2D eigenvalue weighted by Crippen LogP contribution is 2.30. The fourth-order valence-electron chi connectivity index (χ4n) is 3.27. The number of rotatable bonds is 4. The molecule has 0 unspecified atom stereocenters. The van der Waals surface area contributed by atoms with Gasteiger partial charge in [0.2, 0.25) is 5.91 Å². The van der Waals surface area contributed by atoms with Crippen molar-refractivity contribution in [1.29, 1.82) is 0 Å². The molecule has 142 valence electrons. The maximum absolute atomic E-state index is 13.5. The van der Waals surface area contributed by atoms with E-state index in [4.69, 9.17) is 5.73 Å². The molecule has 1 amide bonds. The smallest absolute Gasteiger partial charge is 0.219 e. The van der Waals surface area contributed by atoms with E-state index in [0.29, 0.717) is 41.3 Å². The average molecular weight is 378 g/mol. The molecule has 3 heterocycles. The molecule has 0 aliphatic heterocycles. The molecule has 0 atom stereocenters. The Bertz CT molecular complexity index is 1200. The number of carbonyl (C=O) groups excluding carboxylic acids is 1. The van der Waals surface area contributed by atoms with Gasteiger partial charge in [0, 0.05) is 30.6 Å². The van der Waals surface area contributed by atoms with Crippen molar-refractivity contribution in [2.45, 2.75) is 20.4 Å². The lowest BCUT2D eigenvalue weighted by Gasteiger charge is -2.16. The fourth-order valence-corrected chi connectivity index (χ4v) is 3.27. The van der Waals surface area contributed by atoms with Gasteiger partial charge in [0.05, 0.1) is 23.8 Å². The first kappa shape index (κ1) is 17.8. The predicted molar refractivity (Wildman–Crippen MR) is 106 cm³/mol. The summed E-state index contributed by atoms with van der Waals surface area (Å²) in [6.45, 7) is 4.40. The molecule has 1 aromatic carbocycles. The van der Waals surface area contributed by atoms with E-state index in [9.17, 15) is 9.18 Å². The number of amides is 1. The monoisotopic (exact) mass is 378 g/mol. The summed E-state index contributed by atoms with van der Waals surface area (Å²) in [4.78, 5) is 29.5. The number of nitrogens with two attached hydrogens (primary N) is 1. The molecule has 3 N–H and O–H groups in total. The maximum atomic E-state index is 13.5. The molecule has 0 saturated heterocycles. The van der Waals surface area contributed by atoms with Crippen LogP contribution in [0.1, 0.15) is 19.7 Å². The number of nitrogens with zero attached hydrogens (tertiary/aromatic N) is 4. The zero-order valence-electron chi connectivity index (χ0n) is 15.5. The number of benzene rings is 1. The molecule has 0 bridgehead atoms. The first-order valence-electron chi connectivity index (χ1n) is 8.90. The third-order valence-corrected chi connectivity index (χ3v) is 4.71. The number of halogens is 1. The van der Waals surface area contributed by atoms with Crippen LogP contribution in [0.25, 0.3) is 33.1 Å². The molecule has 8 heteroatoms. The van der Waals surface area contributed by atoms with Gasteiger partial charge in [-0.05, 0) is 24.6 Å². The van der Waals surface area contributed by atoms with Crippen molar-refractivity contribution in [3.05, 3.63) is 48.3 Å². The molecule has 0 aliphatic carbocycles. The van der Waals surface area contributed by atoms with Gasteiger partial charge in [0.15, 0.2) is 5.82 Å². The Morgan fingerprint density at radius 2 is 2.04 bits per heavy atom. The van der Waals surface area contributed by atoms with E-state index < -0.39 is 5.82 Å². The second-order valence-electron chi connectivity index (χ2n) is 6.56. The average Bonchev–Trinajstić information content (AvgIpc) is 3.10. The molecule has 0 spiro atoms. The molecule has 3 aromatic heterocycles. The van der Waals surface area contributed by atoms with Gasteiger partial charge in [0.25, 0.3) is 0 Å². The summed E-state index contributed by atoms with van der Waals surface area (Å²) in [5.74, 6) is 0.522. The van der Waals surface area contributed by atoms with E-state index in [1.807, 2.05) is 25.1 Å². The number of aromatic nitrogens is 4. The van der Waals surface area contributed by atoms with Crippen molar-refractivity contribution >= 4 is 33.7 Å². The minimum absolute atomic E-state index is 0.0211. The largest absolute Gasteiger partial charge is 0.382 e. The summed E-state index contributed by atoms with van der Waals surface area (Å²) in [6, 6.07) is 7.04. The summed E-state index contributed by atoms with van der Waals surface area (Å²) in [6.07, 6.45) is 2.76. The van der Waals surface area contributed by atoms with Crippen LogP contribution in [0, 0.1) is 5.82 Å². The van der Waals surface area contributed by atoms with E-state index in [1.54, 1.807) is 11.1 Å². The van der Waals surface area contributed by atoms with Gasteiger partial charge in [-0.25, -0.2) is 14.4 Å². The number of anilines is 1. The number of imidazole rings is 1. The normalized spacial score (nSPS) is 11.2. The van der Waals surface area contributed by atoms with Crippen LogP contribution in [-0.4, -0.2) is 37.3 Å². The first-order valence-corrected chi connectivity index (χ1v) is 8.90. The van der Waals surface area contributed by atoms with Crippen LogP contribution < -0.4 is 5.73 Å². The SMILES string of the molecule is CCN(Cc1nc2c(N)nc3cc(-c4cncc(F)c4)ccc3c2[nH]1)C(C)=O. The molecule has 0 radical (unpaired) electrons. The minimum Gasteiger partial charge on any atom is -0.382 e. The summed E-state index contributed by atoms with van der Waals surface area (Å²) in [5, 5.41) is 0.849. The van der Waals surface area contributed by atoms with Crippen molar-refractivity contribution in [1.82, 2.24) is 24.8 Å². The lowest BCUT2D eigenvalue weighted by Crippen LogP contribution is -2.28. The van der Waals surface area contributed by atoms with E-state index in [1.165, 1.54) is 13.0 Å². The number of hydrogen-bond donors (Lipinski definition) is 2. The van der Waals surface area contributed by atoms with Gasteiger partial charge in [0.1, 0.15) is 17.2 Å². The number of carbonyl (C=O) groups is 1. The van der Waals surface area contributed by atoms with E-state index in [2.05, 4.69) is 19.9 Å². The molecular formula is C20H19FN6O. The van der Waals surface area contributed by atoms with Crippen molar-refractivity contribution in [3.63, 3.8) is 0 Å². The Kier molecular flexibility index (Phi) is 4.38. The van der Waals surface area contributed by atoms with Crippen LogP contribution in [0.4, 0.5) is 10.2 Å². The fraction of sp³-hybridized carbons (Fsp3) is 0.200. The van der Waals surface area contributed by atoms with Gasteiger partial charge < -0.3 is 15.6 Å². The summed E-state index contributed by atoms with van der Waals surface area (Å²) >= 11 is 0. The molecule has 0 aliphatic rings. The predicted octanol–water partition coefficient (Wildman–Crippen LogP) is 3.26. The number of fused-ring (bicyclic) bond motifs is 3. The quantitative estimate of drug-likeness (QED) is 0.568. The zero-order chi connectivity index (χ0) is 19.8. The van der Waals surface area contributed by atoms with Gasteiger partial charge >= 0.3 is 0 Å². The Labute approximate surface area is 160 Å². The van der Waals surface area contributed by atoms with Gasteiger partial charge in [-0.2, -0.15) is 0 Å². The van der Waals surface area contributed by atoms with Crippen molar-refractivity contribution in [2.75, 3.05) is 12.3 Å². The van der Waals surface area contributed by atoms with Crippen LogP contribution in [0.3, 0.4) is 0 Å². The highest BCUT2D eigenvalue weighted by molar-refractivity contribution is 6.07. The molecular weight excluding hydrogens is 359 g/mol. The number of pyridine rings is 2. The van der Waals surface area contributed by atoms with Crippen LogP contribution in [-0.2, 0) is 11.3 Å². The lowest BCUT2D eigenvalue weighted by molar-refractivity contribution is -0.129. The second kappa shape index (κ2) is 6.88. The molecule has 0 saturated carbocycles. The van der Waals surface area contributed by atoms with Crippen molar-refractivity contribution < 1.29 is 9.18 Å². The first-order chi connectivity index (χ1) is 13.5. The summed E-state index contributed by atoms with van der Waals surface area (Å²) < 4.78 is 13.5. The van der Waals surface area contributed by atoms with Crippen LogP contribution in [0.15, 0.2) is 36.7 Å². The highest BCUT2D eigenvalue weighted by atomic mass is 19.1. The van der Waals surface area contributed by atoms with Gasteiger partial charge in [-0.15, -0.1) is 0 Å². The maximum Gasteiger partial charge on any atom is 0.219 e. The Hall–Kier alpha value is -3.55. The number of nitrogens with one attached hydrogen (secondary N) is 1. The molecule has 7 nitrogen and oxygen atoms in total. The second-order valence-corrected chi connectivity index (χ2v) is 6.56. The van der Waals surface area contributed by atoms with Crippen molar-refractivity contribution in [3.8, 4) is 11.1 Å². The molecule has 28 heavy (non-hydrogen) atoms. The standard InChI is InChI=1S/C20H19FN6O/c1-3-27(11(2)28)10-17-25-18-15-5-4-12(13-6-14(21)9-23-8-13)7-16(15)24-20(22)19(18)26-17/h4-9H,3,10H2,1-2H3,(H2,22,24)(H,25,26). The van der Waals surface area contributed by atoms with Crippen molar-refractivity contribution in [2.24, 2.45) is 0 Å². The van der Waals surface area contributed by atoms with Crippen LogP contribution >= 0.6 is 0 Å². The minimum atomic E-state index is -0.398. The molecule has 4 rings (SSSR count). The molecule has 0 fully saturated rings. The van der Waals surface area contributed by atoms with Gasteiger partial charge in [-0.3, -0.25) is 9.78 Å².